The maximum atomic E-state index is 5.63. The second kappa shape index (κ2) is 3.12. The Morgan fingerprint density at radius 3 is 2.80 bits per heavy atom. The van der Waals surface area contributed by atoms with Crippen LogP contribution in [0.4, 0.5) is 0 Å². The smallest absolute Gasteiger partial charge is 0.109 e. The molecule has 0 bridgehead atoms. The molecule has 0 fully saturated rings. The Labute approximate surface area is 65.1 Å². The lowest BCUT2D eigenvalue weighted by atomic mass is 10.3. The van der Waals surface area contributed by atoms with Crippen LogP contribution in [-0.2, 0) is 6.42 Å². The number of aromatic nitrogens is 1. The molecule has 0 aromatic carbocycles. The fourth-order valence-electron chi connectivity index (χ4n) is 0.694. The van der Waals surface area contributed by atoms with Crippen molar-refractivity contribution in [1.29, 1.82) is 0 Å². The van der Waals surface area contributed by atoms with Crippen LogP contribution in [0.3, 0.4) is 0 Å². The summed E-state index contributed by atoms with van der Waals surface area (Å²) in [6.07, 6.45) is 1.00. The summed E-state index contributed by atoms with van der Waals surface area (Å²) in [5, 5.41) is 3.11. The highest BCUT2D eigenvalue weighted by Gasteiger charge is 2.03. The van der Waals surface area contributed by atoms with E-state index in [0.29, 0.717) is 0 Å². The predicted molar refractivity (Wildman–Crippen MR) is 44.1 cm³/mol. The van der Waals surface area contributed by atoms with Crippen molar-refractivity contribution in [3.05, 3.63) is 16.1 Å². The summed E-state index contributed by atoms with van der Waals surface area (Å²) in [5.74, 6) is 0. The second-order valence-corrected chi connectivity index (χ2v) is 3.21. The summed E-state index contributed by atoms with van der Waals surface area (Å²) < 4.78 is 0. The van der Waals surface area contributed by atoms with Gasteiger partial charge in [0.15, 0.2) is 0 Å². The van der Waals surface area contributed by atoms with E-state index in [2.05, 4.69) is 17.3 Å². The molecule has 10 heavy (non-hydrogen) atoms. The van der Waals surface area contributed by atoms with Gasteiger partial charge in [0.25, 0.3) is 0 Å². The van der Waals surface area contributed by atoms with Gasteiger partial charge >= 0.3 is 0 Å². The first kappa shape index (κ1) is 7.69. The lowest BCUT2D eigenvalue weighted by Crippen LogP contribution is -2.04. The van der Waals surface area contributed by atoms with Gasteiger partial charge in [-0.25, -0.2) is 4.98 Å². The van der Waals surface area contributed by atoms with Crippen molar-refractivity contribution >= 4 is 11.3 Å². The third-order valence-corrected chi connectivity index (χ3v) is 2.42. The van der Waals surface area contributed by atoms with E-state index in [-0.39, 0.29) is 6.04 Å². The van der Waals surface area contributed by atoms with Gasteiger partial charge in [0.05, 0.1) is 11.7 Å². The van der Waals surface area contributed by atoms with Gasteiger partial charge in [-0.3, -0.25) is 0 Å². The minimum absolute atomic E-state index is 0.0882. The lowest BCUT2D eigenvalue weighted by molar-refractivity contribution is 0.798. The van der Waals surface area contributed by atoms with Crippen molar-refractivity contribution < 1.29 is 0 Å². The number of thiazole rings is 1. The molecule has 1 atom stereocenters. The number of hydrogen-bond acceptors (Lipinski definition) is 3. The van der Waals surface area contributed by atoms with Crippen LogP contribution < -0.4 is 5.73 Å². The molecule has 0 aliphatic carbocycles. The molecule has 0 unspecified atom stereocenters. The zero-order chi connectivity index (χ0) is 7.56. The quantitative estimate of drug-likeness (QED) is 0.708. The summed E-state index contributed by atoms with van der Waals surface area (Å²) in [4.78, 5) is 4.32. The fraction of sp³-hybridized carbons (Fsp3) is 0.571. The van der Waals surface area contributed by atoms with Gasteiger partial charge in [-0.05, 0) is 13.3 Å². The largest absolute Gasteiger partial charge is 0.322 e. The molecule has 0 saturated carbocycles. The molecule has 56 valence electrons. The Bertz CT molecular complexity index is 205. The van der Waals surface area contributed by atoms with E-state index in [9.17, 15) is 0 Å². The van der Waals surface area contributed by atoms with E-state index in [1.165, 1.54) is 0 Å². The minimum atomic E-state index is 0.0882. The zero-order valence-electron chi connectivity index (χ0n) is 6.29. The number of aryl methyl sites for hydroxylation is 1. The van der Waals surface area contributed by atoms with Crippen LogP contribution in [0.2, 0.25) is 0 Å². The van der Waals surface area contributed by atoms with Crippen LogP contribution in [0.1, 0.15) is 30.6 Å². The van der Waals surface area contributed by atoms with Crippen LogP contribution in [-0.4, -0.2) is 4.98 Å². The first-order chi connectivity index (χ1) is 4.74. The number of nitrogens with zero attached hydrogens (tertiary/aromatic N) is 1. The monoisotopic (exact) mass is 156 g/mol. The average molecular weight is 156 g/mol. The summed E-state index contributed by atoms with van der Waals surface area (Å²) in [7, 11) is 0. The average Bonchev–Trinajstić information content (AvgIpc) is 2.34. The molecule has 1 aromatic heterocycles. The molecule has 1 aromatic rings. The molecule has 0 saturated heterocycles. The first-order valence-electron chi connectivity index (χ1n) is 3.44. The molecular formula is C7H12N2S. The van der Waals surface area contributed by atoms with E-state index >= 15 is 0 Å². The van der Waals surface area contributed by atoms with Gasteiger partial charge < -0.3 is 5.73 Å². The zero-order valence-corrected chi connectivity index (χ0v) is 7.11. The Morgan fingerprint density at radius 2 is 2.50 bits per heavy atom. The molecule has 0 aliphatic rings. The topological polar surface area (TPSA) is 38.9 Å². The van der Waals surface area contributed by atoms with E-state index in [1.807, 2.05) is 6.92 Å². The molecule has 2 nitrogen and oxygen atoms in total. The van der Waals surface area contributed by atoms with Gasteiger partial charge in [-0.15, -0.1) is 11.3 Å². The van der Waals surface area contributed by atoms with Crippen LogP contribution in [0.5, 0.6) is 0 Å². The Kier molecular flexibility index (Phi) is 2.40. The summed E-state index contributed by atoms with van der Waals surface area (Å²) >= 11 is 1.65. The molecule has 1 rings (SSSR count). The third kappa shape index (κ3) is 1.55. The number of hydrogen-bond donors (Lipinski definition) is 1. The minimum Gasteiger partial charge on any atom is -0.322 e. The van der Waals surface area contributed by atoms with Gasteiger partial charge in [0, 0.05) is 5.38 Å². The highest BCUT2D eigenvalue weighted by molar-refractivity contribution is 7.09. The van der Waals surface area contributed by atoms with Crippen molar-refractivity contribution in [2.24, 2.45) is 5.73 Å². The van der Waals surface area contributed by atoms with Gasteiger partial charge in [0.1, 0.15) is 5.01 Å². The van der Waals surface area contributed by atoms with Crippen LogP contribution in [0.25, 0.3) is 0 Å². The van der Waals surface area contributed by atoms with E-state index in [0.717, 1.165) is 17.1 Å². The SMILES string of the molecule is CCc1csc([C@H](C)N)n1. The molecule has 1 heterocycles. The molecule has 0 radical (unpaired) electrons. The second-order valence-electron chi connectivity index (χ2n) is 2.32. The Balaban J connectivity index is 2.78. The van der Waals surface area contributed by atoms with Gasteiger partial charge in [-0.2, -0.15) is 0 Å². The van der Waals surface area contributed by atoms with E-state index in [4.69, 9.17) is 5.73 Å². The predicted octanol–water partition coefficient (Wildman–Crippen LogP) is 1.73. The lowest BCUT2D eigenvalue weighted by Gasteiger charge is -1.95. The summed E-state index contributed by atoms with van der Waals surface area (Å²) in [6.45, 7) is 4.05. The maximum absolute atomic E-state index is 5.63. The molecule has 0 aliphatic heterocycles. The van der Waals surface area contributed by atoms with Crippen LogP contribution in [0, 0.1) is 0 Å². The van der Waals surface area contributed by atoms with Crippen molar-refractivity contribution in [2.75, 3.05) is 0 Å². The summed E-state index contributed by atoms with van der Waals surface area (Å²) in [6, 6.07) is 0.0882. The Morgan fingerprint density at radius 1 is 1.80 bits per heavy atom. The van der Waals surface area contributed by atoms with Gasteiger partial charge in [0.2, 0.25) is 0 Å². The van der Waals surface area contributed by atoms with Gasteiger partial charge in [-0.1, -0.05) is 6.92 Å². The maximum Gasteiger partial charge on any atom is 0.109 e. The molecule has 0 spiro atoms. The first-order valence-corrected chi connectivity index (χ1v) is 4.32. The number of rotatable bonds is 2. The van der Waals surface area contributed by atoms with Crippen molar-refractivity contribution in [3.8, 4) is 0 Å². The fourth-order valence-corrected chi connectivity index (χ4v) is 1.55. The van der Waals surface area contributed by atoms with Crippen molar-refractivity contribution in [3.63, 3.8) is 0 Å². The van der Waals surface area contributed by atoms with E-state index < -0.39 is 0 Å². The number of nitrogens with two attached hydrogens (primary N) is 1. The van der Waals surface area contributed by atoms with E-state index in [1.54, 1.807) is 11.3 Å². The standard InChI is InChI=1S/C7H12N2S/c1-3-6-4-10-7(9-6)5(2)8/h4-5H,3,8H2,1-2H3/t5-/m0/s1. The molecular weight excluding hydrogens is 144 g/mol. The molecule has 2 N–H and O–H groups in total. The molecule has 3 heteroatoms. The van der Waals surface area contributed by atoms with Crippen molar-refractivity contribution in [1.82, 2.24) is 4.98 Å². The van der Waals surface area contributed by atoms with Crippen molar-refractivity contribution in [2.45, 2.75) is 26.3 Å². The van der Waals surface area contributed by atoms with Crippen LogP contribution in [0.15, 0.2) is 5.38 Å². The Hall–Kier alpha value is -0.410. The highest BCUT2D eigenvalue weighted by Crippen LogP contribution is 2.15. The third-order valence-electron chi connectivity index (χ3n) is 1.32. The van der Waals surface area contributed by atoms with Crippen LogP contribution >= 0.6 is 11.3 Å². The molecule has 0 amide bonds. The summed E-state index contributed by atoms with van der Waals surface area (Å²) in [5.41, 5.74) is 6.78. The highest BCUT2D eigenvalue weighted by atomic mass is 32.1. The normalized spacial score (nSPS) is 13.5.